The van der Waals surface area contributed by atoms with E-state index in [1.54, 1.807) is 20.3 Å². The number of benzene rings is 2. The van der Waals surface area contributed by atoms with Crippen molar-refractivity contribution >= 4 is 5.91 Å². The molecule has 272 valence electrons. The van der Waals surface area contributed by atoms with Gasteiger partial charge in [-0.3, -0.25) is 4.79 Å². The van der Waals surface area contributed by atoms with Gasteiger partial charge in [0.2, 0.25) is 5.91 Å². The van der Waals surface area contributed by atoms with E-state index in [4.69, 9.17) is 9.47 Å². The number of nitrogens with one attached hydrogen (secondary N) is 1. The molecule has 1 unspecified atom stereocenters. The second-order valence-electron chi connectivity index (χ2n) is 15.6. The number of amides is 1. The van der Waals surface area contributed by atoms with Crippen molar-refractivity contribution in [3.63, 3.8) is 0 Å². The first-order chi connectivity index (χ1) is 23.7. The number of methoxy groups -OCH3 is 2. The molecular formula is C42H62FNO5. The fourth-order valence-electron chi connectivity index (χ4n) is 9.93. The lowest BCUT2D eigenvalue weighted by Gasteiger charge is -2.54. The van der Waals surface area contributed by atoms with E-state index in [2.05, 4.69) is 25.2 Å². The van der Waals surface area contributed by atoms with Gasteiger partial charge < -0.3 is 25.0 Å². The van der Waals surface area contributed by atoms with Gasteiger partial charge in [0.1, 0.15) is 11.9 Å². The number of unbranched alkanes of at least 4 members (excludes halogenated alkanes) is 7. The highest BCUT2D eigenvalue weighted by Crippen LogP contribution is 2.63. The van der Waals surface area contributed by atoms with Crippen LogP contribution in [0.3, 0.4) is 0 Å². The predicted molar refractivity (Wildman–Crippen MR) is 194 cm³/mol. The Labute approximate surface area is 294 Å². The van der Waals surface area contributed by atoms with Crippen molar-refractivity contribution in [2.45, 2.75) is 141 Å². The summed E-state index contributed by atoms with van der Waals surface area (Å²) in [5.74, 6) is 2.66. The topological polar surface area (TPSA) is 88.0 Å². The van der Waals surface area contributed by atoms with Crippen molar-refractivity contribution in [2.24, 2.45) is 23.2 Å². The SMILES string of the molecule is CCCCCCCC(CC(=O)NCCCCCC[C@@H]1Cc2cc(O)ccc2[C@@H]2[C@@H]1[C@@H]1CC[C@H](O)[C@@]1(C)C[C@@H]2F)c1ccc(OC)c(OC)c1. The number of hydrogen-bond donors (Lipinski definition) is 3. The lowest BCUT2D eigenvalue weighted by atomic mass is 9.51. The van der Waals surface area contributed by atoms with E-state index >= 15 is 4.39 Å². The Morgan fingerprint density at radius 2 is 1.73 bits per heavy atom. The fourth-order valence-corrected chi connectivity index (χ4v) is 9.93. The number of aliphatic hydroxyl groups is 1. The van der Waals surface area contributed by atoms with E-state index < -0.39 is 12.3 Å². The maximum Gasteiger partial charge on any atom is 0.220 e. The van der Waals surface area contributed by atoms with Gasteiger partial charge in [0.15, 0.2) is 11.5 Å². The van der Waals surface area contributed by atoms with Crippen LogP contribution in [-0.2, 0) is 11.2 Å². The van der Waals surface area contributed by atoms with E-state index in [0.29, 0.717) is 42.7 Å². The molecule has 1 amide bonds. The molecule has 0 aliphatic heterocycles. The second-order valence-corrected chi connectivity index (χ2v) is 15.6. The molecule has 49 heavy (non-hydrogen) atoms. The van der Waals surface area contributed by atoms with Gasteiger partial charge in [0.05, 0.1) is 20.3 Å². The van der Waals surface area contributed by atoms with E-state index in [9.17, 15) is 15.0 Å². The molecule has 2 aromatic rings. The van der Waals surface area contributed by atoms with Crippen molar-refractivity contribution in [2.75, 3.05) is 20.8 Å². The van der Waals surface area contributed by atoms with Crippen LogP contribution in [0.4, 0.5) is 4.39 Å². The van der Waals surface area contributed by atoms with Gasteiger partial charge in [-0.25, -0.2) is 4.39 Å². The normalized spacial score (nSPS) is 27.9. The Balaban J connectivity index is 1.11. The van der Waals surface area contributed by atoms with Crippen LogP contribution < -0.4 is 14.8 Å². The van der Waals surface area contributed by atoms with E-state index in [1.165, 1.54) is 25.7 Å². The summed E-state index contributed by atoms with van der Waals surface area (Å²) in [5, 5.41) is 24.4. The van der Waals surface area contributed by atoms with Crippen LogP contribution in [0.1, 0.15) is 139 Å². The zero-order chi connectivity index (χ0) is 35.0. The summed E-state index contributed by atoms with van der Waals surface area (Å²) in [5.41, 5.74) is 2.95. The summed E-state index contributed by atoms with van der Waals surface area (Å²) in [6.45, 7) is 5.03. The van der Waals surface area contributed by atoms with Gasteiger partial charge in [-0.05, 0) is 115 Å². The van der Waals surface area contributed by atoms with E-state index in [0.717, 1.165) is 80.9 Å². The Bertz CT molecular complexity index is 1370. The molecule has 8 atom stereocenters. The first-order valence-corrected chi connectivity index (χ1v) is 19.3. The van der Waals surface area contributed by atoms with Crippen LogP contribution in [0.25, 0.3) is 0 Å². The summed E-state index contributed by atoms with van der Waals surface area (Å²) in [7, 11) is 3.29. The standard InChI is InChI=1S/C42H62FNO5/c1-5-6-7-8-11-14-28(29-16-20-36(48-3)37(25-29)49-4)26-39(47)44-22-13-10-9-12-15-30-23-31-24-32(45)17-18-33(31)41-35(43)27-42(2)34(40(30)41)19-21-38(42)46/h16-18,20,24-25,28,30,34-35,38,40-41,45-46H,5-15,19,21-23,26-27H2,1-4H3,(H,44,47)/t28?,30-,34+,35+,38+,40+,41+,42+/m1/s1. The number of hydrogen-bond acceptors (Lipinski definition) is 5. The fraction of sp³-hybridized carbons (Fsp3) is 0.690. The van der Waals surface area contributed by atoms with Gasteiger partial charge >= 0.3 is 0 Å². The summed E-state index contributed by atoms with van der Waals surface area (Å²) in [6, 6.07) is 11.5. The largest absolute Gasteiger partial charge is 0.508 e. The number of aliphatic hydroxyl groups excluding tert-OH is 1. The van der Waals surface area contributed by atoms with Gasteiger partial charge in [0.25, 0.3) is 0 Å². The molecule has 2 aromatic carbocycles. The van der Waals surface area contributed by atoms with Gasteiger partial charge in [-0.15, -0.1) is 0 Å². The maximum absolute atomic E-state index is 16.0. The number of phenols is 1. The molecule has 3 aliphatic carbocycles. The highest BCUT2D eigenvalue weighted by atomic mass is 19.1. The third-order valence-electron chi connectivity index (χ3n) is 12.6. The molecule has 3 N–H and O–H groups in total. The van der Waals surface area contributed by atoms with E-state index in [1.807, 2.05) is 24.3 Å². The first-order valence-electron chi connectivity index (χ1n) is 19.3. The van der Waals surface area contributed by atoms with E-state index in [-0.39, 0.29) is 34.8 Å². The molecule has 2 saturated carbocycles. The van der Waals surface area contributed by atoms with Crippen molar-refractivity contribution in [1.29, 1.82) is 0 Å². The number of rotatable bonds is 18. The summed E-state index contributed by atoms with van der Waals surface area (Å²) < 4.78 is 27.0. The monoisotopic (exact) mass is 679 g/mol. The number of alkyl halides is 1. The molecule has 0 aromatic heterocycles. The van der Waals surface area contributed by atoms with Crippen LogP contribution in [0.15, 0.2) is 36.4 Å². The second kappa shape index (κ2) is 17.4. The summed E-state index contributed by atoms with van der Waals surface area (Å²) in [6.07, 6.45) is 14.2. The highest BCUT2D eigenvalue weighted by molar-refractivity contribution is 5.76. The Hall–Kier alpha value is -2.80. The van der Waals surface area contributed by atoms with Gasteiger partial charge in [-0.2, -0.15) is 0 Å². The summed E-state index contributed by atoms with van der Waals surface area (Å²) >= 11 is 0. The molecule has 0 saturated heterocycles. The summed E-state index contributed by atoms with van der Waals surface area (Å²) in [4.78, 5) is 13.1. The molecule has 5 rings (SSSR count). The lowest BCUT2D eigenvalue weighted by Crippen LogP contribution is -2.51. The quantitative estimate of drug-likeness (QED) is 0.137. The number of carbonyl (C=O) groups is 1. The van der Waals surface area contributed by atoms with Crippen LogP contribution in [0, 0.1) is 23.2 Å². The van der Waals surface area contributed by atoms with Crippen LogP contribution >= 0.6 is 0 Å². The third kappa shape index (κ3) is 8.75. The molecule has 0 spiro atoms. The average Bonchev–Trinajstić information content (AvgIpc) is 3.39. The average molecular weight is 680 g/mol. The Kier molecular flexibility index (Phi) is 13.3. The van der Waals surface area contributed by atoms with Crippen molar-refractivity contribution < 1.29 is 28.9 Å². The highest BCUT2D eigenvalue weighted by Gasteiger charge is 2.59. The zero-order valence-corrected chi connectivity index (χ0v) is 30.5. The molecule has 6 nitrogen and oxygen atoms in total. The zero-order valence-electron chi connectivity index (χ0n) is 30.5. The number of phenolic OH excluding ortho intramolecular Hbond substituents is 1. The van der Waals surface area contributed by atoms with Crippen LogP contribution in [0.5, 0.6) is 17.2 Å². The number of ether oxygens (including phenoxy) is 2. The smallest absolute Gasteiger partial charge is 0.220 e. The predicted octanol–water partition coefficient (Wildman–Crippen LogP) is 9.40. The van der Waals surface area contributed by atoms with Gasteiger partial charge in [-0.1, -0.05) is 77.3 Å². The number of carbonyl (C=O) groups excluding carboxylic acids is 1. The van der Waals surface area contributed by atoms with Crippen molar-refractivity contribution in [1.82, 2.24) is 5.32 Å². The third-order valence-corrected chi connectivity index (χ3v) is 12.6. The first kappa shape index (κ1) is 37.5. The molecule has 3 aliphatic rings. The van der Waals surface area contributed by atoms with Crippen molar-refractivity contribution in [3.8, 4) is 17.2 Å². The Morgan fingerprint density at radius 3 is 2.51 bits per heavy atom. The number of fused-ring (bicyclic) bond motifs is 5. The Morgan fingerprint density at radius 1 is 0.980 bits per heavy atom. The maximum atomic E-state index is 16.0. The number of aromatic hydroxyl groups is 1. The van der Waals surface area contributed by atoms with Crippen molar-refractivity contribution in [3.05, 3.63) is 53.1 Å². The van der Waals surface area contributed by atoms with Gasteiger partial charge in [0, 0.05) is 18.9 Å². The minimum atomic E-state index is -0.971. The number of halogens is 1. The molecule has 0 radical (unpaired) electrons. The molecule has 2 fully saturated rings. The minimum absolute atomic E-state index is 0.100. The van der Waals surface area contributed by atoms with Crippen LogP contribution in [0.2, 0.25) is 0 Å². The molecule has 7 heteroatoms. The molecule has 0 bridgehead atoms. The molecular weight excluding hydrogens is 617 g/mol. The lowest BCUT2D eigenvalue weighted by molar-refractivity contribution is -0.121. The minimum Gasteiger partial charge on any atom is -0.508 e. The van der Waals surface area contributed by atoms with Crippen LogP contribution in [-0.4, -0.2) is 49.2 Å². The molecule has 0 heterocycles.